The minimum Gasteiger partial charge on any atom is -0.461 e. The number of hydrogen-bond acceptors (Lipinski definition) is 4. The molecule has 88 valence electrons. The lowest BCUT2D eigenvalue weighted by Crippen LogP contribution is -2.16. The van der Waals surface area contributed by atoms with E-state index in [-0.39, 0.29) is 26.1 Å². The predicted molar refractivity (Wildman–Crippen MR) is 58.6 cm³/mol. The number of ether oxygens (including phenoxy) is 1. The molecule has 0 amide bonds. The Hall–Kier alpha value is -1.39. The van der Waals surface area contributed by atoms with E-state index in [0.29, 0.717) is 0 Å². The summed E-state index contributed by atoms with van der Waals surface area (Å²) in [4.78, 5) is 11.2. The summed E-state index contributed by atoms with van der Waals surface area (Å²) in [7, 11) is 0. The molecule has 0 fully saturated rings. The van der Waals surface area contributed by atoms with Gasteiger partial charge in [-0.15, -0.1) is 0 Å². The summed E-state index contributed by atoms with van der Waals surface area (Å²) in [5.41, 5.74) is 0.910. The van der Waals surface area contributed by atoms with Gasteiger partial charge < -0.3 is 14.9 Å². The van der Waals surface area contributed by atoms with E-state index < -0.39 is 12.1 Å². The zero-order valence-electron chi connectivity index (χ0n) is 9.00. The van der Waals surface area contributed by atoms with Crippen molar-refractivity contribution in [3.05, 3.63) is 35.9 Å². The number of esters is 1. The van der Waals surface area contributed by atoms with Gasteiger partial charge in [0.2, 0.25) is 0 Å². The van der Waals surface area contributed by atoms with Crippen LogP contribution < -0.4 is 0 Å². The minimum absolute atomic E-state index is 0.0760. The van der Waals surface area contributed by atoms with Crippen LogP contribution in [0.1, 0.15) is 18.4 Å². The zero-order chi connectivity index (χ0) is 11.8. The van der Waals surface area contributed by atoms with Crippen molar-refractivity contribution in [1.82, 2.24) is 0 Å². The Morgan fingerprint density at radius 3 is 2.62 bits per heavy atom. The van der Waals surface area contributed by atoms with Gasteiger partial charge in [-0.25, -0.2) is 0 Å². The van der Waals surface area contributed by atoms with Crippen molar-refractivity contribution in [2.75, 3.05) is 6.61 Å². The number of rotatable bonds is 6. The summed E-state index contributed by atoms with van der Waals surface area (Å²) in [6, 6.07) is 9.33. The van der Waals surface area contributed by atoms with Crippen LogP contribution in [-0.2, 0) is 16.1 Å². The molecule has 1 unspecified atom stereocenters. The number of aliphatic hydroxyl groups excluding tert-OH is 2. The Labute approximate surface area is 94.5 Å². The van der Waals surface area contributed by atoms with E-state index in [4.69, 9.17) is 9.84 Å². The van der Waals surface area contributed by atoms with Crippen molar-refractivity contribution in [3.8, 4) is 0 Å². The Kier molecular flexibility index (Phi) is 5.53. The van der Waals surface area contributed by atoms with Gasteiger partial charge in [-0.3, -0.25) is 4.79 Å². The molecule has 0 aliphatic heterocycles. The van der Waals surface area contributed by atoms with E-state index in [9.17, 15) is 9.90 Å². The molecule has 0 aliphatic rings. The highest BCUT2D eigenvalue weighted by molar-refractivity contribution is 5.69. The monoisotopic (exact) mass is 224 g/mol. The average Bonchev–Trinajstić information content (AvgIpc) is 2.28. The maximum absolute atomic E-state index is 11.2. The fourth-order valence-electron chi connectivity index (χ4n) is 1.24. The zero-order valence-corrected chi connectivity index (χ0v) is 9.00. The lowest BCUT2D eigenvalue weighted by molar-refractivity contribution is -0.147. The molecule has 1 aromatic carbocycles. The van der Waals surface area contributed by atoms with Crippen molar-refractivity contribution in [1.29, 1.82) is 0 Å². The van der Waals surface area contributed by atoms with Crippen molar-refractivity contribution in [2.45, 2.75) is 25.6 Å². The van der Waals surface area contributed by atoms with Crippen molar-refractivity contribution in [3.63, 3.8) is 0 Å². The van der Waals surface area contributed by atoms with Crippen LogP contribution in [0.2, 0.25) is 0 Å². The van der Waals surface area contributed by atoms with Gasteiger partial charge in [-0.1, -0.05) is 30.3 Å². The molecule has 0 aliphatic carbocycles. The molecule has 0 radical (unpaired) electrons. The lowest BCUT2D eigenvalue weighted by atomic mass is 10.2. The standard InChI is InChI=1S/C12H16O4/c13-7-6-11(14)8-12(15)16-9-10-4-2-1-3-5-10/h1-5,11,13-14H,6-9H2. The van der Waals surface area contributed by atoms with Crippen molar-refractivity contribution < 1.29 is 19.7 Å². The van der Waals surface area contributed by atoms with Gasteiger partial charge in [-0.05, 0) is 12.0 Å². The molecule has 0 aromatic heterocycles. The number of aliphatic hydroxyl groups is 2. The van der Waals surface area contributed by atoms with E-state index in [0.717, 1.165) is 5.56 Å². The second-order valence-corrected chi connectivity index (χ2v) is 3.52. The second-order valence-electron chi connectivity index (χ2n) is 3.52. The molecule has 0 spiro atoms. The molecular formula is C12H16O4. The Balaban J connectivity index is 2.25. The number of carbonyl (C=O) groups excluding carboxylic acids is 1. The third kappa shape index (κ3) is 4.91. The third-order valence-corrected chi connectivity index (χ3v) is 2.11. The smallest absolute Gasteiger partial charge is 0.308 e. The topological polar surface area (TPSA) is 66.8 Å². The minimum atomic E-state index is -0.826. The van der Waals surface area contributed by atoms with Gasteiger partial charge >= 0.3 is 5.97 Å². The second kappa shape index (κ2) is 6.98. The van der Waals surface area contributed by atoms with Gasteiger partial charge in [0.15, 0.2) is 0 Å². The Bertz CT molecular complexity index is 310. The largest absolute Gasteiger partial charge is 0.461 e. The molecular weight excluding hydrogens is 208 g/mol. The van der Waals surface area contributed by atoms with Gasteiger partial charge in [-0.2, -0.15) is 0 Å². The number of benzene rings is 1. The Morgan fingerprint density at radius 1 is 1.31 bits per heavy atom. The normalized spacial score (nSPS) is 12.1. The summed E-state index contributed by atoms with van der Waals surface area (Å²) in [6.07, 6.45) is -0.707. The third-order valence-electron chi connectivity index (χ3n) is 2.11. The SMILES string of the molecule is O=C(CC(O)CCO)OCc1ccccc1. The van der Waals surface area contributed by atoms with E-state index >= 15 is 0 Å². The summed E-state index contributed by atoms with van der Waals surface area (Å²) in [5, 5.41) is 17.8. The van der Waals surface area contributed by atoms with Crippen LogP contribution in [0.3, 0.4) is 0 Å². The average molecular weight is 224 g/mol. The van der Waals surface area contributed by atoms with Crippen LogP contribution in [0.25, 0.3) is 0 Å². The highest BCUT2D eigenvalue weighted by Gasteiger charge is 2.11. The molecule has 1 aromatic rings. The maximum Gasteiger partial charge on any atom is 0.308 e. The van der Waals surface area contributed by atoms with E-state index in [1.54, 1.807) is 0 Å². The molecule has 2 N–H and O–H groups in total. The fourth-order valence-corrected chi connectivity index (χ4v) is 1.24. The maximum atomic E-state index is 11.2. The molecule has 16 heavy (non-hydrogen) atoms. The first-order valence-electron chi connectivity index (χ1n) is 5.21. The van der Waals surface area contributed by atoms with Crippen LogP contribution in [0.15, 0.2) is 30.3 Å². The van der Waals surface area contributed by atoms with E-state index in [1.165, 1.54) is 0 Å². The molecule has 0 heterocycles. The number of hydrogen-bond donors (Lipinski definition) is 2. The molecule has 1 rings (SSSR count). The molecule has 4 heteroatoms. The van der Waals surface area contributed by atoms with E-state index in [2.05, 4.69) is 0 Å². The van der Waals surface area contributed by atoms with Crippen LogP contribution in [0.5, 0.6) is 0 Å². The lowest BCUT2D eigenvalue weighted by Gasteiger charge is -2.08. The number of carbonyl (C=O) groups is 1. The molecule has 0 bridgehead atoms. The summed E-state index contributed by atoms with van der Waals surface area (Å²) in [5.74, 6) is -0.454. The van der Waals surface area contributed by atoms with Crippen LogP contribution in [0, 0.1) is 0 Å². The van der Waals surface area contributed by atoms with Crippen molar-refractivity contribution >= 4 is 5.97 Å². The highest BCUT2D eigenvalue weighted by atomic mass is 16.5. The van der Waals surface area contributed by atoms with Gasteiger partial charge in [0.05, 0.1) is 12.5 Å². The van der Waals surface area contributed by atoms with Gasteiger partial charge in [0.25, 0.3) is 0 Å². The van der Waals surface area contributed by atoms with Gasteiger partial charge in [0, 0.05) is 6.61 Å². The first-order chi connectivity index (χ1) is 7.72. The van der Waals surface area contributed by atoms with Crippen LogP contribution in [0.4, 0.5) is 0 Å². The molecule has 4 nitrogen and oxygen atoms in total. The summed E-state index contributed by atoms with van der Waals surface area (Å²) >= 11 is 0. The first-order valence-corrected chi connectivity index (χ1v) is 5.21. The van der Waals surface area contributed by atoms with Crippen LogP contribution >= 0.6 is 0 Å². The van der Waals surface area contributed by atoms with Crippen molar-refractivity contribution in [2.24, 2.45) is 0 Å². The molecule has 0 saturated heterocycles. The summed E-state index contributed by atoms with van der Waals surface area (Å²) < 4.78 is 4.96. The van der Waals surface area contributed by atoms with Crippen LogP contribution in [-0.4, -0.2) is 28.9 Å². The highest BCUT2D eigenvalue weighted by Crippen LogP contribution is 2.04. The first kappa shape index (κ1) is 12.7. The van der Waals surface area contributed by atoms with E-state index in [1.807, 2.05) is 30.3 Å². The quantitative estimate of drug-likeness (QED) is 0.703. The van der Waals surface area contributed by atoms with Gasteiger partial charge in [0.1, 0.15) is 6.61 Å². The molecule has 1 atom stereocenters. The summed E-state index contributed by atoms with van der Waals surface area (Å²) in [6.45, 7) is 0.0820. The fraction of sp³-hybridized carbons (Fsp3) is 0.417. The predicted octanol–water partition coefficient (Wildman–Crippen LogP) is 0.863. The molecule has 0 saturated carbocycles. The Morgan fingerprint density at radius 2 is 2.00 bits per heavy atom.